The Morgan fingerprint density at radius 2 is 1.31 bits per heavy atom. The van der Waals surface area contributed by atoms with E-state index in [1.165, 1.54) is 24.3 Å². The molecule has 7 nitrogen and oxygen atoms in total. The van der Waals surface area contributed by atoms with Gasteiger partial charge < -0.3 is 10.6 Å². The predicted molar refractivity (Wildman–Crippen MR) is 127 cm³/mol. The maximum atomic E-state index is 12.3. The third kappa shape index (κ3) is 3.26. The van der Waals surface area contributed by atoms with E-state index >= 15 is 0 Å². The molecule has 0 aromatic heterocycles. The molecule has 156 valence electrons. The van der Waals surface area contributed by atoms with Crippen molar-refractivity contribution < 1.29 is 4.92 Å². The number of benzene rings is 4. The van der Waals surface area contributed by atoms with E-state index in [-0.39, 0.29) is 17.1 Å². The first kappa shape index (κ1) is 19.4. The van der Waals surface area contributed by atoms with Gasteiger partial charge in [-0.25, -0.2) is 0 Å². The van der Waals surface area contributed by atoms with E-state index in [0.29, 0.717) is 12.2 Å². The lowest BCUT2D eigenvalue weighted by atomic mass is 9.96. The zero-order chi connectivity index (χ0) is 22.2. The Balaban J connectivity index is 1.47. The summed E-state index contributed by atoms with van der Waals surface area (Å²) in [5.41, 5.74) is 0.641. The normalized spacial score (nSPS) is 11.1. The Kier molecular flexibility index (Phi) is 4.63. The van der Waals surface area contributed by atoms with Crippen molar-refractivity contribution in [1.82, 2.24) is 0 Å². The van der Waals surface area contributed by atoms with Gasteiger partial charge in [0.2, 0.25) is 0 Å². The Bertz CT molecular complexity index is 1510. The van der Waals surface area contributed by atoms with Crippen molar-refractivity contribution >= 4 is 44.3 Å². The van der Waals surface area contributed by atoms with E-state index in [2.05, 4.69) is 16.7 Å². The van der Waals surface area contributed by atoms with Crippen LogP contribution < -0.4 is 21.5 Å². The molecular formula is C25H17N3O4. The SMILES string of the molecule is O=c1c(NCc2c3ccccc3cc3ccccc23)c(Nc2ccc([N+](=O)[O-])cc2)c1=O. The number of rotatable bonds is 6. The van der Waals surface area contributed by atoms with Gasteiger partial charge in [0, 0.05) is 24.4 Å². The molecule has 32 heavy (non-hydrogen) atoms. The summed E-state index contributed by atoms with van der Waals surface area (Å²) in [6.45, 7) is 0.363. The molecule has 5 aromatic carbocycles. The number of nitrogens with zero attached hydrogens (tertiary/aromatic N) is 1. The lowest BCUT2D eigenvalue weighted by molar-refractivity contribution is -0.384. The second kappa shape index (κ2) is 7.63. The minimum atomic E-state index is -0.617. The Hall–Kier alpha value is -4.52. The van der Waals surface area contributed by atoms with Crippen LogP contribution >= 0.6 is 0 Å². The molecule has 7 heteroatoms. The molecule has 0 fully saturated rings. The van der Waals surface area contributed by atoms with Crippen molar-refractivity contribution in [3.8, 4) is 0 Å². The van der Waals surface area contributed by atoms with Crippen molar-refractivity contribution in [2.24, 2.45) is 0 Å². The maximum Gasteiger partial charge on any atom is 0.269 e. The highest BCUT2D eigenvalue weighted by Crippen LogP contribution is 2.30. The monoisotopic (exact) mass is 423 g/mol. The molecule has 0 aliphatic carbocycles. The fourth-order valence-electron chi connectivity index (χ4n) is 3.97. The van der Waals surface area contributed by atoms with Crippen LogP contribution in [0.5, 0.6) is 0 Å². The summed E-state index contributed by atoms with van der Waals surface area (Å²) in [5.74, 6) is 0. The third-order valence-corrected chi connectivity index (χ3v) is 5.58. The zero-order valence-corrected chi connectivity index (χ0v) is 16.8. The van der Waals surface area contributed by atoms with Crippen LogP contribution in [-0.2, 0) is 6.54 Å². The Morgan fingerprint density at radius 1 is 0.750 bits per heavy atom. The summed E-state index contributed by atoms with van der Waals surface area (Å²) in [7, 11) is 0. The van der Waals surface area contributed by atoms with Crippen molar-refractivity contribution in [1.29, 1.82) is 0 Å². The second-order valence-electron chi connectivity index (χ2n) is 7.49. The summed E-state index contributed by atoms with van der Waals surface area (Å²) in [6, 6.07) is 23.9. The molecule has 0 saturated heterocycles. The number of hydrogen-bond donors (Lipinski definition) is 2. The van der Waals surface area contributed by atoms with Gasteiger partial charge in [0.25, 0.3) is 16.5 Å². The number of anilines is 3. The number of hydrogen-bond acceptors (Lipinski definition) is 6. The van der Waals surface area contributed by atoms with E-state index in [4.69, 9.17) is 0 Å². The Morgan fingerprint density at radius 3 is 1.91 bits per heavy atom. The predicted octanol–water partition coefficient (Wildman–Crippen LogP) is 4.85. The van der Waals surface area contributed by atoms with Crippen LogP contribution in [-0.4, -0.2) is 4.92 Å². The van der Waals surface area contributed by atoms with Gasteiger partial charge in [0.1, 0.15) is 11.4 Å². The van der Waals surface area contributed by atoms with E-state index in [1.807, 2.05) is 48.5 Å². The first-order valence-electron chi connectivity index (χ1n) is 10.0. The molecule has 0 aliphatic rings. The van der Waals surface area contributed by atoms with E-state index in [0.717, 1.165) is 27.1 Å². The molecule has 5 rings (SSSR count). The third-order valence-electron chi connectivity index (χ3n) is 5.58. The zero-order valence-electron chi connectivity index (χ0n) is 16.8. The lowest BCUT2D eigenvalue weighted by Crippen LogP contribution is -2.36. The molecule has 0 amide bonds. The highest BCUT2D eigenvalue weighted by Gasteiger charge is 2.21. The molecule has 0 saturated carbocycles. The molecule has 2 N–H and O–H groups in total. The number of non-ortho nitro benzene ring substituents is 1. The van der Waals surface area contributed by atoms with Crippen LogP contribution in [0.4, 0.5) is 22.7 Å². The molecular weight excluding hydrogens is 406 g/mol. The van der Waals surface area contributed by atoms with Gasteiger partial charge in [0.05, 0.1) is 4.92 Å². The van der Waals surface area contributed by atoms with Gasteiger partial charge in [-0.15, -0.1) is 0 Å². The average Bonchev–Trinajstić information content (AvgIpc) is 2.82. The van der Waals surface area contributed by atoms with Crippen LogP contribution in [0, 0.1) is 10.1 Å². The van der Waals surface area contributed by atoms with Crippen LogP contribution in [0.1, 0.15) is 5.56 Å². The molecule has 0 atom stereocenters. The van der Waals surface area contributed by atoms with Gasteiger partial charge in [-0.2, -0.15) is 0 Å². The van der Waals surface area contributed by atoms with Crippen molar-refractivity contribution in [2.45, 2.75) is 6.54 Å². The molecule has 0 radical (unpaired) electrons. The largest absolute Gasteiger partial charge is 0.376 e. The summed E-state index contributed by atoms with van der Waals surface area (Å²) in [6.07, 6.45) is 0. The van der Waals surface area contributed by atoms with Crippen molar-refractivity contribution in [3.05, 3.63) is 115 Å². The molecule has 5 aromatic rings. The molecule has 0 unspecified atom stereocenters. The van der Waals surface area contributed by atoms with E-state index < -0.39 is 15.8 Å². The average molecular weight is 423 g/mol. The number of nitrogens with one attached hydrogen (secondary N) is 2. The van der Waals surface area contributed by atoms with E-state index in [9.17, 15) is 19.7 Å². The number of nitro groups is 1. The standard InChI is InChI=1S/C25H17N3O4/c29-24-22(23(25(24)30)27-17-9-11-18(12-10-17)28(31)32)26-14-21-19-7-3-1-5-15(19)13-16-6-2-4-8-20(16)21/h1-13,26-27H,14H2. The number of nitro benzene ring substituents is 1. The molecule has 0 aliphatic heterocycles. The van der Waals surface area contributed by atoms with Gasteiger partial charge in [-0.05, 0) is 45.3 Å². The quantitative estimate of drug-likeness (QED) is 0.175. The molecule has 0 heterocycles. The van der Waals surface area contributed by atoms with Crippen molar-refractivity contribution in [3.63, 3.8) is 0 Å². The first-order valence-corrected chi connectivity index (χ1v) is 10.0. The highest BCUT2D eigenvalue weighted by atomic mass is 16.6. The van der Waals surface area contributed by atoms with Crippen LogP contribution in [0.2, 0.25) is 0 Å². The van der Waals surface area contributed by atoms with Gasteiger partial charge in [-0.1, -0.05) is 48.5 Å². The summed E-state index contributed by atoms with van der Waals surface area (Å²) in [5, 5.41) is 21.2. The maximum absolute atomic E-state index is 12.3. The lowest BCUT2D eigenvalue weighted by Gasteiger charge is -2.17. The van der Waals surface area contributed by atoms with E-state index in [1.54, 1.807) is 0 Å². The van der Waals surface area contributed by atoms with Gasteiger partial charge >= 0.3 is 0 Å². The smallest absolute Gasteiger partial charge is 0.269 e. The van der Waals surface area contributed by atoms with Crippen LogP contribution in [0.25, 0.3) is 21.5 Å². The minimum absolute atomic E-state index is 0.0540. The van der Waals surface area contributed by atoms with Crippen molar-refractivity contribution in [2.75, 3.05) is 10.6 Å². The molecule has 0 bridgehead atoms. The topological polar surface area (TPSA) is 101 Å². The second-order valence-corrected chi connectivity index (χ2v) is 7.49. The van der Waals surface area contributed by atoms with Crippen LogP contribution in [0.3, 0.4) is 0 Å². The highest BCUT2D eigenvalue weighted by molar-refractivity contribution is 6.02. The molecule has 0 spiro atoms. The minimum Gasteiger partial charge on any atom is -0.376 e. The fourth-order valence-corrected chi connectivity index (χ4v) is 3.97. The van der Waals surface area contributed by atoms with Gasteiger partial charge in [0.15, 0.2) is 0 Å². The summed E-state index contributed by atoms with van der Waals surface area (Å²) in [4.78, 5) is 34.7. The van der Waals surface area contributed by atoms with Gasteiger partial charge in [-0.3, -0.25) is 19.7 Å². The Labute approximate surface area is 181 Å². The summed E-state index contributed by atoms with van der Waals surface area (Å²) < 4.78 is 0. The summed E-state index contributed by atoms with van der Waals surface area (Å²) >= 11 is 0. The fraction of sp³-hybridized carbons (Fsp3) is 0.0400. The van der Waals surface area contributed by atoms with Crippen LogP contribution in [0.15, 0.2) is 88.5 Å². The number of fused-ring (bicyclic) bond motifs is 2. The first-order chi connectivity index (χ1) is 15.5.